The first-order chi connectivity index (χ1) is 13.0. The number of hydrogen-bond acceptors (Lipinski definition) is 3. The topological polar surface area (TPSA) is 76.0 Å². The van der Waals surface area contributed by atoms with Gasteiger partial charge in [0.2, 0.25) is 11.8 Å². The molecule has 0 radical (unpaired) electrons. The van der Waals surface area contributed by atoms with E-state index in [9.17, 15) is 9.59 Å². The Morgan fingerprint density at radius 3 is 2.63 bits per heavy atom. The SMILES string of the molecule is CC(=O)NCCCc1nc2ccccc2n1CC(=O)Nc1ccccc1Cl. The molecule has 0 atom stereocenters. The Kier molecular flexibility index (Phi) is 6.08. The van der Waals surface area contributed by atoms with Crippen molar-refractivity contribution in [1.29, 1.82) is 0 Å². The Morgan fingerprint density at radius 2 is 1.85 bits per heavy atom. The fraction of sp³-hybridized carbons (Fsp3) is 0.250. The zero-order chi connectivity index (χ0) is 19.2. The molecule has 0 aliphatic rings. The van der Waals surface area contributed by atoms with Gasteiger partial charge in [-0.2, -0.15) is 0 Å². The fourth-order valence-electron chi connectivity index (χ4n) is 2.90. The predicted molar refractivity (Wildman–Crippen MR) is 107 cm³/mol. The molecular weight excluding hydrogens is 364 g/mol. The van der Waals surface area contributed by atoms with Crippen LogP contribution in [0.1, 0.15) is 19.2 Å². The van der Waals surface area contributed by atoms with Crippen LogP contribution < -0.4 is 10.6 Å². The third-order valence-electron chi connectivity index (χ3n) is 4.13. The average molecular weight is 385 g/mol. The van der Waals surface area contributed by atoms with Crippen LogP contribution in [0.25, 0.3) is 11.0 Å². The van der Waals surface area contributed by atoms with Crippen LogP contribution in [0.3, 0.4) is 0 Å². The maximum atomic E-state index is 12.6. The number of nitrogens with one attached hydrogen (secondary N) is 2. The molecule has 7 heteroatoms. The van der Waals surface area contributed by atoms with Crippen molar-refractivity contribution in [3.05, 3.63) is 59.4 Å². The number of anilines is 1. The van der Waals surface area contributed by atoms with Crippen molar-refractivity contribution >= 4 is 40.1 Å². The molecule has 2 amide bonds. The van der Waals surface area contributed by atoms with Gasteiger partial charge < -0.3 is 15.2 Å². The molecule has 27 heavy (non-hydrogen) atoms. The Bertz CT molecular complexity index is 968. The normalized spacial score (nSPS) is 10.7. The Balaban J connectivity index is 1.77. The number of benzene rings is 2. The maximum absolute atomic E-state index is 12.6. The standard InChI is InChI=1S/C20H21ClN4O2/c1-14(26)22-12-6-11-19-23-17-9-4-5-10-18(17)25(19)13-20(27)24-16-8-3-2-7-15(16)21/h2-5,7-10H,6,11-13H2,1H3,(H,22,26)(H,24,27). The van der Waals surface area contributed by atoms with Crippen molar-refractivity contribution in [2.75, 3.05) is 11.9 Å². The first-order valence-electron chi connectivity index (χ1n) is 8.77. The van der Waals surface area contributed by atoms with Crippen LogP contribution in [0.5, 0.6) is 0 Å². The number of hydrogen-bond donors (Lipinski definition) is 2. The molecule has 1 aromatic heterocycles. The third kappa shape index (κ3) is 4.86. The number of nitrogens with zero attached hydrogens (tertiary/aromatic N) is 2. The summed E-state index contributed by atoms with van der Waals surface area (Å²) in [6.45, 7) is 2.21. The van der Waals surface area contributed by atoms with E-state index in [1.807, 2.05) is 41.0 Å². The Morgan fingerprint density at radius 1 is 1.11 bits per heavy atom. The van der Waals surface area contributed by atoms with Crippen LogP contribution in [-0.2, 0) is 22.6 Å². The van der Waals surface area contributed by atoms with Crippen LogP contribution in [0.2, 0.25) is 5.02 Å². The minimum Gasteiger partial charge on any atom is -0.356 e. The predicted octanol–water partition coefficient (Wildman–Crippen LogP) is 3.40. The van der Waals surface area contributed by atoms with E-state index in [1.165, 1.54) is 6.92 Å². The van der Waals surface area contributed by atoms with Gasteiger partial charge in [-0.05, 0) is 30.7 Å². The quantitative estimate of drug-likeness (QED) is 0.613. The lowest BCUT2D eigenvalue weighted by molar-refractivity contribution is -0.119. The lowest BCUT2D eigenvalue weighted by atomic mass is 10.3. The van der Waals surface area contributed by atoms with E-state index in [2.05, 4.69) is 15.6 Å². The molecule has 6 nitrogen and oxygen atoms in total. The van der Waals surface area contributed by atoms with Crippen LogP contribution in [0.15, 0.2) is 48.5 Å². The van der Waals surface area contributed by atoms with Gasteiger partial charge in [-0.3, -0.25) is 9.59 Å². The molecule has 0 aliphatic carbocycles. The van der Waals surface area contributed by atoms with Gasteiger partial charge in [0.1, 0.15) is 12.4 Å². The van der Waals surface area contributed by atoms with Gasteiger partial charge in [0.15, 0.2) is 0 Å². The van der Waals surface area contributed by atoms with Crippen LogP contribution >= 0.6 is 11.6 Å². The summed E-state index contributed by atoms with van der Waals surface area (Å²) >= 11 is 6.12. The highest BCUT2D eigenvalue weighted by Gasteiger charge is 2.14. The minimum atomic E-state index is -0.172. The summed E-state index contributed by atoms with van der Waals surface area (Å²) in [4.78, 5) is 28.2. The van der Waals surface area contributed by atoms with Crippen molar-refractivity contribution < 1.29 is 9.59 Å². The van der Waals surface area contributed by atoms with E-state index in [0.29, 0.717) is 23.7 Å². The number of carbonyl (C=O) groups excluding carboxylic acids is 2. The van der Waals surface area contributed by atoms with E-state index in [0.717, 1.165) is 23.3 Å². The molecule has 0 saturated carbocycles. The Labute approximate surface area is 162 Å². The lowest BCUT2D eigenvalue weighted by Crippen LogP contribution is -2.23. The Hall–Kier alpha value is -2.86. The number of rotatable bonds is 7. The van der Waals surface area contributed by atoms with Crippen molar-refractivity contribution in [3.8, 4) is 0 Å². The summed E-state index contributed by atoms with van der Waals surface area (Å²) < 4.78 is 1.91. The molecule has 0 saturated heterocycles. The summed E-state index contributed by atoms with van der Waals surface area (Å²) in [6.07, 6.45) is 1.41. The van der Waals surface area contributed by atoms with Crippen molar-refractivity contribution in [1.82, 2.24) is 14.9 Å². The zero-order valence-corrected chi connectivity index (χ0v) is 15.8. The molecule has 140 valence electrons. The number of aromatic nitrogens is 2. The number of halogens is 1. The fourth-order valence-corrected chi connectivity index (χ4v) is 3.08. The van der Waals surface area contributed by atoms with Crippen molar-refractivity contribution in [2.24, 2.45) is 0 Å². The number of para-hydroxylation sites is 3. The van der Waals surface area contributed by atoms with E-state index < -0.39 is 0 Å². The maximum Gasteiger partial charge on any atom is 0.244 e. The van der Waals surface area contributed by atoms with Crippen molar-refractivity contribution in [2.45, 2.75) is 26.3 Å². The van der Waals surface area contributed by atoms with Crippen LogP contribution in [0, 0.1) is 0 Å². The van der Waals surface area contributed by atoms with Gasteiger partial charge in [0.05, 0.1) is 21.7 Å². The molecule has 2 aromatic carbocycles. The van der Waals surface area contributed by atoms with Crippen molar-refractivity contribution in [3.63, 3.8) is 0 Å². The second-order valence-corrected chi connectivity index (χ2v) is 6.62. The first kappa shape index (κ1) is 18.9. The third-order valence-corrected chi connectivity index (χ3v) is 4.46. The summed E-state index contributed by atoms with van der Waals surface area (Å²) in [5.74, 6) is 0.591. The van der Waals surface area contributed by atoms with Gasteiger partial charge in [0.25, 0.3) is 0 Å². The number of imidazole rings is 1. The highest BCUT2D eigenvalue weighted by Crippen LogP contribution is 2.21. The van der Waals surface area contributed by atoms with Gasteiger partial charge in [-0.15, -0.1) is 0 Å². The molecule has 0 aliphatic heterocycles. The second-order valence-electron chi connectivity index (χ2n) is 6.22. The largest absolute Gasteiger partial charge is 0.356 e. The zero-order valence-electron chi connectivity index (χ0n) is 15.0. The summed E-state index contributed by atoms with van der Waals surface area (Å²) in [5.41, 5.74) is 2.33. The molecular formula is C20H21ClN4O2. The monoisotopic (exact) mass is 384 g/mol. The van der Waals surface area contributed by atoms with E-state index in [1.54, 1.807) is 12.1 Å². The minimum absolute atomic E-state index is 0.0531. The number of amides is 2. The number of fused-ring (bicyclic) bond motifs is 1. The summed E-state index contributed by atoms with van der Waals surface area (Å²) in [5, 5.41) is 6.12. The molecule has 0 fully saturated rings. The average Bonchev–Trinajstić information content (AvgIpc) is 2.98. The second kappa shape index (κ2) is 8.68. The molecule has 0 spiro atoms. The molecule has 3 rings (SSSR count). The van der Waals surface area contributed by atoms with E-state index in [-0.39, 0.29) is 18.4 Å². The number of aryl methyl sites for hydroxylation is 1. The van der Waals surface area contributed by atoms with Gasteiger partial charge in [0, 0.05) is 19.9 Å². The molecule has 3 aromatic rings. The van der Waals surface area contributed by atoms with E-state index >= 15 is 0 Å². The molecule has 1 heterocycles. The van der Waals surface area contributed by atoms with Gasteiger partial charge in [-0.25, -0.2) is 4.98 Å². The van der Waals surface area contributed by atoms with Gasteiger partial charge in [-0.1, -0.05) is 35.9 Å². The van der Waals surface area contributed by atoms with Crippen LogP contribution in [-0.4, -0.2) is 27.9 Å². The first-order valence-corrected chi connectivity index (χ1v) is 9.15. The summed E-state index contributed by atoms with van der Waals surface area (Å²) in [7, 11) is 0. The van der Waals surface area contributed by atoms with E-state index in [4.69, 9.17) is 11.6 Å². The summed E-state index contributed by atoms with van der Waals surface area (Å²) in [6, 6.07) is 14.9. The highest BCUT2D eigenvalue weighted by atomic mass is 35.5. The molecule has 2 N–H and O–H groups in total. The van der Waals surface area contributed by atoms with Gasteiger partial charge >= 0.3 is 0 Å². The molecule has 0 bridgehead atoms. The number of carbonyl (C=O) groups is 2. The smallest absolute Gasteiger partial charge is 0.244 e. The highest BCUT2D eigenvalue weighted by molar-refractivity contribution is 6.33. The van der Waals surface area contributed by atoms with Crippen LogP contribution in [0.4, 0.5) is 5.69 Å². The lowest BCUT2D eigenvalue weighted by Gasteiger charge is -2.11. The molecule has 0 unspecified atom stereocenters.